The van der Waals surface area contributed by atoms with Gasteiger partial charge in [0.15, 0.2) is 6.61 Å². The fourth-order valence-electron chi connectivity index (χ4n) is 3.18. The third-order valence-corrected chi connectivity index (χ3v) is 5.74. The first-order chi connectivity index (χ1) is 13.6. The standard InChI is InChI=1S/C21H21N3O3S/c1-23(13-19-22-17-5-2-3-6-18(17)28-19)21(26)14-27-16-10-8-15(9-11-16)24-12-4-7-20(24)25/h2-3,5-6,8-11H,4,7,12-14H2,1H3. The van der Waals surface area contributed by atoms with Crippen molar-refractivity contribution in [2.75, 3.05) is 25.1 Å². The van der Waals surface area contributed by atoms with Gasteiger partial charge in [-0.05, 0) is 42.8 Å². The molecule has 0 atom stereocenters. The minimum atomic E-state index is -0.113. The van der Waals surface area contributed by atoms with Gasteiger partial charge >= 0.3 is 0 Å². The van der Waals surface area contributed by atoms with Crippen LogP contribution in [-0.4, -0.2) is 41.9 Å². The van der Waals surface area contributed by atoms with Crippen molar-refractivity contribution in [1.82, 2.24) is 9.88 Å². The minimum absolute atomic E-state index is 0.0383. The van der Waals surface area contributed by atoms with Crippen LogP contribution in [0.15, 0.2) is 48.5 Å². The smallest absolute Gasteiger partial charge is 0.260 e. The van der Waals surface area contributed by atoms with Crippen LogP contribution < -0.4 is 9.64 Å². The highest BCUT2D eigenvalue weighted by Crippen LogP contribution is 2.24. The van der Waals surface area contributed by atoms with Crippen LogP contribution in [-0.2, 0) is 16.1 Å². The van der Waals surface area contributed by atoms with Crippen LogP contribution in [0.1, 0.15) is 17.8 Å². The lowest BCUT2D eigenvalue weighted by molar-refractivity contribution is -0.132. The summed E-state index contributed by atoms with van der Waals surface area (Å²) >= 11 is 1.59. The molecule has 0 bridgehead atoms. The average molecular weight is 395 g/mol. The van der Waals surface area contributed by atoms with Crippen molar-refractivity contribution < 1.29 is 14.3 Å². The molecule has 7 heteroatoms. The molecule has 0 N–H and O–H groups in total. The van der Waals surface area contributed by atoms with Crippen molar-refractivity contribution >= 4 is 39.1 Å². The number of carbonyl (C=O) groups is 2. The Kier molecular flexibility index (Phi) is 5.25. The van der Waals surface area contributed by atoms with Crippen LogP contribution in [0.5, 0.6) is 5.75 Å². The van der Waals surface area contributed by atoms with Gasteiger partial charge < -0.3 is 14.5 Å². The van der Waals surface area contributed by atoms with E-state index in [1.165, 1.54) is 0 Å². The molecule has 4 rings (SSSR count). The number of hydrogen-bond acceptors (Lipinski definition) is 5. The van der Waals surface area contributed by atoms with Crippen molar-refractivity contribution in [3.63, 3.8) is 0 Å². The number of rotatable bonds is 6. The van der Waals surface area contributed by atoms with Crippen LogP contribution in [0, 0.1) is 0 Å². The van der Waals surface area contributed by atoms with Gasteiger partial charge in [-0.25, -0.2) is 4.98 Å². The molecule has 2 aromatic carbocycles. The summed E-state index contributed by atoms with van der Waals surface area (Å²) in [4.78, 5) is 32.1. The van der Waals surface area contributed by atoms with E-state index in [1.54, 1.807) is 40.3 Å². The number of aromatic nitrogens is 1. The van der Waals surface area contributed by atoms with Gasteiger partial charge in [0.2, 0.25) is 5.91 Å². The molecule has 1 aromatic heterocycles. The number of likely N-dealkylation sites (N-methyl/N-ethyl adjacent to an activating group) is 1. The summed E-state index contributed by atoms with van der Waals surface area (Å²) < 4.78 is 6.74. The second-order valence-corrected chi connectivity index (χ2v) is 7.87. The Morgan fingerprint density at radius 1 is 1.21 bits per heavy atom. The molecular weight excluding hydrogens is 374 g/mol. The number of anilines is 1. The van der Waals surface area contributed by atoms with Crippen LogP contribution in [0.3, 0.4) is 0 Å². The lowest BCUT2D eigenvalue weighted by Crippen LogP contribution is -2.30. The van der Waals surface area contributed by atoms with E-state index in [9.17, 15) is 9.59 Å². The number of ether oxygens (including phenoxy) is 1. The molecule has 6 nitrogen and oxygen atoms in total. The van der Waals surface area contributed by atoms with Gasteiger partial charge in [-0.2, -0.15) is 0 Å². The summed E-state index contributed by atoms with van der Waals surface area (Å²) in [5.41, 5.74) is 1.82. The first-order valence-corrected chi connectivity index (χ1v) is 10.0. The van der Waals surface area contributed by atoms with Gasteiger partial charge in [0, 0.05) is 25.7 Å². The summed E-state index contributed by atoms with van der Waals surface area (Å²) in [6, 6.07) is 15.2. The second-order valence-electron chi connectivity index (χ2n) is 6.76. The number of amides is 2. The Labute approximate surface area is 167 Å². The van der Waals surface area contributed by atoms with Crippen molar-refractivity contribution in [2.24, 2.45) is 0 Å². The molecule has 1 aliphatic heterocycles. The molecule has 1 fully saturated rings. The summed E-state index contributed by atoms with van der Waals surface area (Å²) in [7, 11) is 1.75. The number of para-hydroxylation sites is 1. The Bertz CT molecular complexity index is 967. The zero-order valence-electron chi connectivity index (χ0n) is 15.6. The maximum absolute atomic E-state index is 12.4. The van der Waals surface area contributed by atoms with Gasteiger partial charge in [-0.1, -0.05) is 12.1 Å². The van der Waals surface area contributed by atoms with Crippen LogP contribution in [0.2, 0.25) is 0 Å². The topological polar surface area (TPSA) is 62.7 Å². The Morgan fingerprint density at radius 3 is 2.71 bits per heavy atom. The zero-order valence-corrected chi connectivity index (χ0v) is 16.4. The highest BCUT2D eigenvalue weighted by molar-refractivity contribution is 7.18. The quantitative estimate of drug-likeness (QED) is 0.641. The van der Waals surface area contributed by atoms with E-state index in [0.29, 0.717) is 18.7 Å². The molecule has 1 saturated heterocycles. The number of thiazole rings is 1. The van der Waals surface area contributed by atoms with Gasteiger partial charge in [0.05, 0.1) is 16.8 Å². The summed E-state index contributed by atoms with van der Waals surface area (Å²) in [6.45, 7) is 1.18. The lowest BCUT2D eigenvalue weighted by Gasteiger charge is -2.17. The fraction of sp³-hybridized carbons (Fsp3) is 0.286. The molecule has 0 unspecified atom stereocenters. The van der Waals surface area contributed by atoms with E-state index in [-0.39, 0.29) is 18.4 Å². The highest BCUT2D eigenvalue weighted by Gasteiger charge is 2.21. The third-order valence-electron chi connectivity index (χ3n) is 4.72. The zero-order chi connectivity index (χ0) is 19.5. The second kappa shape index (κ2) is 7.98. The lowest BCUT2D eigenvalue weighted by atomic mass is 10.3. The molecular formula is C21H21N3O3S. The van der Waals surface area contributed by atoms with Crippen LogP contribution >= 0.6 is 11.3 Å². The normalized spacial score (nSPS) is 13.9. The third kappa shape index (κ3) is 3.99. The number of fused-ring (bicyclic) bond motifs is 1. The molecule has 0 radical (unpaired) electrons. The van der Waals surface area contributed by atoms with Crippen molar-refractivity contribution in [3.8, 4) is 5.75 Å². The van der Waals surface area contributed by atoms with E-state index < -0.39 is 0 Å². The fourth-order valence-corrected chi connectivity index (χ4v) is 4.20. The average Bonchev–Trinajstić information content (AvgIpc) is 3.31. The highest BCUT2D eigenvalue weighted by atomic mass is 32.1. The van der Waals surface area contributed by atoms with Crippen LogP contribution in [0.4, 0.5) is 5.69 Å². The van der Waals surface area contributed by atoms with Gasteiger partial charge in [-0.3, -0.25) is 9.59 Å². The van der Waals surface area contributed by atoms with Crippen LogP contribution in [0.25, 0.3) is 10.2 Å². The minimum Gasteiger partial charge on any atom is -0.484 e. The SMILES string of the molecule is CN(Cc1nc2ccccc2s1)C(=O)COc1ccc(N2CCCC2=O)cc1. The van der Waals surface area contributed by atoms with Crippen molar-refractivity contribution in [3.05, 3.63) is 53.5 Å². The molecule has 0 aliphatic carbocycles. The van der Waals surface area contributed by atoms with E-state index in [1.807, 2.05) is 36.4 Å². The molecule has 0 spiro atoms. The molecule has 1 aliphatic rings. The Balaban J connectivity index is 1.31. The van der Waals surface area contributed by atoms with Gasteiger partial charge in [-0.15, -0.1) is 11.3 Å². The molecule has 144 valence electrons. The predicted molar refractivity (Wildman–Crippen MR) is 110 cm³/mol. The van der Waals surface area contributed by atoms with E-state index >= 15 is 0 Å². The first kappa shape index (κ1) is 18.4. The molecule has 2 amide bonds. The van der Waals surface area contributed by atoms with Gasteiger partial charge in [0.1, 0.15) is 10.8 Å². The molecule has 2 heterocycles. The largest absolute Gasteiger partial charge is 0.484 e. The Hall–Kier alpha value is -2.93. The summed E-state index contributed by atoms with van der Waals surface area (Å²) in [5.74, 6) is 0.649. The first-order valence-electron chi connectivity index (χ1n) is 9.22. The molecule has 28 heavy (non-hydrogen) atoms. The van der Waals surface area contributed by atoms with Gasteiger partial charge in [0.25, 0.3) is 5.91 Å². The maximum Gasteiger partial charge on any atom is 0.260 e. The molecule has 3 aromatic rings. The van der Waals surface area contributed by atoms with Crippen molar-refractivity contribution in [2.45, 2.75) is 19.4 Å². The maximum atomic E-state index is 12.4. The Morgan fingerprint density at radius 2 is 2.00 bits per heavy atom. The number of benzene rings is 2. The summed E-state index contributed by atoms with van der Waals surface area (Å²) in [6.07, 6.45) is 1.50. The molecule has 0 saturated carbocycles. The number of nitrogens with zero attached hydrogens (tertiary/aromatic N) is 3. The predicted octanol–water partition coefficient (Wildman–Crippen LogP) is 3.46. The number of carbonyl (C=O) groups excluding carboxylic acids is 2. The number of hydrogen-bond donors (Lipinski definition) is 0. The van der Waals surface area contributed by atoms with E-state index in [0.717, 1.165) is 33.9 Å². The van der Waals surface area contributed by atoms with E-state index in [4.69, 9.17) is 4.74 Å². The summed E-state index contributed by atoms with van der Waals surface area (Å²) in [5, 5.41) is 0.900. The van der Waals surface area contributed by atoms with Crippen molar-refractivity contribution in [1.29, 1.82) is 0 Å². The van der Waals surface area contributed by atoms with E-state index in [2.05, 4.69) is 4.98 Å². The monoisotopic (exact) mass is 395 g/mol.